The maximum atomic E-state index is 13.4. The molecule has 0 radical (unpaired) electrons. The normalized spacial score (nSPS) is 13.0. The Balaban J connectivity index is 1.74. The molecule has 2 N–H and O–H groups in total. The molecule has 0 bridgehead atoms. The van der Waals surface area contributed by atoms with Gasteiger partial charge in [0, 0.05) is 31.1 Å². The maximum absolute atomic E-state index is 13.4. The van der Waals surface area contributed by atoms with Crippen molar-refractivity contribution in [3.8, 4) is 5.69 Å². The first kappa shape index (κ1) is 21.8. The Kier molecular flexibility index (Phi) is 7.01. The van der Waals surface area contributed by atoms with E-state index in [-0.39, 0.29) is 5.69 Å². The number of hydrogen-bond acceptors (Lipinski definition) is 6. The second-order valence-corrected chi connectivity index (χ2v) is 7.98. The van der Waals surface area contributed by atoms with Gasteiger partial charge in [0.1, 0.15) is 6.34 Å². The molecule has 0 saturated heterocycles. The molecule has 8 heteroatoms. The van der Waals surface area contributed by atoms with Crippen molar-refractivity contribution >= 4 is 12.0 Å². The summed E-state index contributed by atoms with van der Waals surface area (Å²) in [6.07, 6.45) is 11.0. The molecule has 1 aliphatic heterocycles. The van der Waals surface area contributed by atoms with Crippen molar-refractivity contribution in [1.82, 2.24) is 25.1 Å². The highest BCUT2D eigenvalue weighted by Gasteiger charge is 2.19. The van der Waals surface area contributed by atoms with Crippen LogP contribution in [0.25, 0.3) is 5.69 Å². The largest absolute Gasteiger partial charge is 0.333 e. The van der Waals surface area contributed by atoms with E-state index in [2.05, 4.69) is 36.0 Å². The van der Waals surface area contributed by atoms with Gasteiger partial charge in [-0.15, -0.1) is 10.6 Å². The summed E-state index contributed by atoms with van der Waals surface area (Å²) in [6, 6.07) is 12.0. The third-order valence-electron chi connectivity index (χ3n) is 5.66. The molecule has 0 atom stereocenters. The highest BCUT2D eigenvalue weighted by atomic mass is 16.1. The Morgan fingerprint density at radius 2 is 1.81 bits per heavy atom. The smallest absolute Gasteiger partial charge is 0.299 e. The van der Waals surface area contributed by atoms with Crippen LogP contribution in [0.1, 0.15) is 56.5 Å². The lowest BCUT2D eigenvalue weighted by Gasteiger charge is -2.18. The van der Waals surface area contributed by atoms with Gasteiger partial charge in [-0.25, -0.2) is 4.79 Å². The van der Waals surface area contributed by atoms with Gasteiger partial charge in [0.25, 0.3) is 0 Å². The topological polar surface area (TPSA) is 79.5 Å². The van der Waals surface area contributed by atoms with E-state index in [9.17, 15) is 4.79 Å². The molecule has 0 saturated carbocycles. The third kappa shape index (κ3) is 4.60. The van der Waals surface area contributed by atoms with Gasteiger partial charge < -0.3 is 0 Å². The van der Waals surface area contributed by atoms with Crippen LogP contribution in [-0.4, -0.2) is 20.5 Å². The first-order valence-electron chi connectivity index (χ1n) is 11.4. The molecule has 4 rings (SSSR count). The number of hydrazine groups is 2. The average Bonchev–Trinajstić information content (AvgIpc) is 3.45. The minimum atomic E-state index is 0.0158. The highest BCUT2D eigenvalue weighted by molar-refractivity contribution is 5.63. The molecule has 0 aliphatic carbocycles. The number of nitrogens with one attached hydrogen (secondary N) is 2. The molecule has 1 aliphatic rings. The zero-order valence-electron chi connectivity index (χ0n) is 18.8. The number of imidazole rings is 1. The van der Waals surface area contributed by atoms with E-state index in [1.807, 2.05) is 45.7 Å². The van der Waals surface area contributed by atoms with E-state index >= 15 is 0 Å². The first-order valence-corrected chi connectivity index (χ1v) is 11.4. The van der Waals surface area contributed by atoms with Crippen LogP contribution < -0.4 is 21.8 Å². The van der Waals surface area contributed by atoms with E-state index in [1.54, 1.807) is 17.7 Å². The van der Waals surface area contributed by atoms with Gasteiger partial charge in [0.05, 0.1) is 17.1 Å². The number of nitrogens with zero attached hydrogens (tertiary/aromatic N) is 5. The zero-order valence-corrected chi connectivity index (χ0v) is 18.8. The molecule has 0 spiro atoms. The van der Waals surface area contributed by atoms with Gasteiger partial charge in [-0.1, -0.05) is 44.9 Å². The average molecular weight is 434 g/mol. The fourth-order valence-electron chi connectivity index (χ4n) is 3.97. The van der Waals surface area contributed by atoms with Crippen molar-refractivity contribution in [2.45, 2.75) is 58.9 Å². The molecule has 1 aromatic carbocycles. The quantitative estimate of drug-likeness (QED) is 0.511. The van der Waals surface area contributed by atoms with Crippen LogP contribution in [0.3, 0.4) is 0 Å². The van der Waals surface area contributed by atoms with E-state index in [1.165, 1.54) is 0 Å². The van der Waals surface area contributed by atoms with E-state index in [0.717, 1.165) is 67.0 Å². The summed E-state index contributed by atoms with van der Waals surface area (Å²) in [5.41, 5.74) is 10.6. The fourth-order valence-corrected chi connectivity index (χ4v) is 3.97. The number of rotatable bonds is 10. The summed E-state index contributed by atoms with van der Waals surface area (Å²) in [5.74, 6) is 0. The number of unbranched alkanes of at least 4 members (excludes halogenated alkanes) is 2. The Morgan fingerprint density at radius 3 is 2.59 bits per heavy atom. The van der Waals surface area contributed by atoms with Gasteiger partial charge in [0.15, 0.2) is 0 Å². The molecule has 0 unspecified atom stereocenters. The van der Waals surface area contributed by atoms with Crippen molar-refractivity contribution < 1.29 is 0 Å². The third-order valence-corrected chi connectivity index (χ3v) is 5.66. The molecule has 2 aromatic heterocycles. The molecular formula is C24H31N7O. The van der Waals surface area contributed by atoms with Crippen LogP contribution in [0.2, 0.25) is 0 Å². The molecule has 168 valence electrons. The van der Waals surface area contributed by atoms with Crippen LogP contribution in [0.4, 0.5) is 5.69 Å². The monoisotopic (exact) mass is 433 g/mol. The summed E-state index contributed by atoms with van der Waals surface area (Å²) < 4.78 is 3.72. The molecule has 0 amide bonds. The number of para-hydroxylation sites is 1. The van der Waals surface area contributed by atoms with Crippen molar-refractivity contribution in [2.75, 3.05) is 5.12 Å². The lowest BCUT2D eigenvalue weighted by molar-refractivity contribution is 0.608. The predicted octanol–water partition coefficient (Wildman–Crippen LogP) is 3.54. The molecule has 3 aromatic rings. The number of benzene rings is 1. The fraction of sp³-hybridized carbons (Fsp3) is 0.375. The van der Waals surface area contributed by atoms with E-state index < -0.39 is 0 Å². The summed E-state index contributed by atoms with van der Waals surface area (Å²) in [4.78, 5) is 18.1. The summed E-state index contributed by atoms with van der Waals surface area (Å²) in [7, 11) is 0. The lowest BCUT2D eigenvalue weighted by atomic mass is 10.1. The van der Waals surface area contributed by atoms with Gasteiger partial charge >= 0.3 is 5.69 Å². The Labute approximate surface area is 188 Å². The standard InChI is InChI=1S/C24H31N7O/c1-3-5-11-20-17-29(15-6-4-2)24(32)30(20)23-13-9-14-25-21(23)16-19-10-7-8-12-22(19)31-27-18-26-28-31/h7-10,12-14,17-18,28H,3-6,11,15-16H2,1-2H3,(H,26,27). The van der Waals surface area contributed by atoms with Gasteiger partial charge in [0.2, 0.25) is 0 Å². The Bertz CT molecular complexity index is 1130. The van der Waals surface area contributed by atoms with Crippen molar-refractivity contribution in [2.24, 2.45) is 5.10 Å². The number of hydrogen-bond donors (Lipinski definition) is 2. The molecule has 8 nitrogen and oxygen atoms in total. The second kappa shape index (κ2) is 10.3. The summed E-state index contributed by atoms with van der Waals surface area (Å²) in [5, 5.41) is 5.98. The molecular weight excluding hydrogens is 402 g/mol. The number of anilines is 1. The van der Waals surface area contributed by atoms with Crippen LogP contribution in [0.15, 0.2) is 58.7 Å². The van der Waals surface area contributed by atoms with Gasteiger partial charge in [-0.3, -0.25) is 19.5 Å². The zero-order chi connectivity index (χ0) is 22.3. The van der Waals surface area contributed by atoms with Crippen LogP contribution in [0, 0.1) is 0 Å². The number of aryl methyl sites for hydroxylation is 2. The van der Waals surface area contributed by atoms with Crippen LogP contribution in [-0.2, 0) is 19.4 Å². The molecule has 32 heavy (non-hydrogen) atoms. The van der Waals surface area contributed by atoms with Crippen LogP contribution in [0.5, 0.6) is 0 Å². The Morgan fingerprint density at radius 1 is 1.00 bits per heavy atom. The molecule has 3 heterocycles. The van der Waals surface area contributed by atoms with Gasteiger partial charge in [-0.2, -0.15) is 5.12 Å². The minimum Gasteiger partial charge on any atom is -0.299 e. The van der Waals surface area contributed by atoms with Crippen molar-refractivity contribution in [3.63, 3.8) is 0 Å². The SMILES string of the molecule is CCCCc1cn(CCCC)c(=O)n1-c1cccnc1Cc1ccccc1N1N=CNN1. The second-order valence-electron chi connectivity index (χ2n) is 7.98. The predicted molar refractivity (Wildman–Crippen MR) is 128 cm³/mol. The first-order chi connectivity index (χ1) is 15.7. The Hall–Kier alpha value is -3.39. The van der Waals surface area contributed by atoms with E-state index in [0.29, 0.717) is 6.42 Å². The van der Waals surface area contributed by atoms with Crippen molar-refractivity contribution in [3.05, 3.63) is 76.2 Å². The number of pyridine rings is 1. The van der Waals surface area contributed by atoms with Crippen LogP contribution >= 0.6 is 0 Å². The van der Waals surface area contributed by atoms with Crippen molar-refractivity contribution in [1.29, 1.82) is 0 Å². The minimum absolute atomic E-state index is 0.0158. The maximum Gasteiger partial charge on any atom is 0.333 e. The number of aromatic nitrogens is 3. The lowest BCUT2D eigenvalue weighted by Crippen LogP contribution is -2.36. The van der Waals surface area contributed by atoms with Gasteiger partial charge in [-0.05, 0) is 43.0 Å². The van der Waals surface area contributed by atoms with E-state index in [4.69, 9.17) is 4.98 Å². The number of hydrazone groups is 1. The molecule has 0 fully saturated rings. The summed E-state index contributed by atoms with van der Waals surface area (Å²) in [6.45, 7) is 5.06. The highest BCUT2D eigenvalue weighted by Crippen LogP contribution is 2.25. The summed E-state index contributed by atoms with van der Waals surface area (Å²) >= 11 is 0.